The minimum absolute atomic E-state index is 0.0147. The average molecular weight is 545 g/mol. The number of amides is 1. The molecule has 33 heavy (non-hydrogen) atoms. The Balaban J connectivity index is 1.45. The van der Waals surface area contributed by atoms with E-state index in [9.17, 15) is 13.2 Å². The van der Waals surface area contributed by atoms with E-state index in [1.54, 1.807) is 12.1 Å². The standard InChI is InChI=1S/C22H20Cl3N3O3S2/c23-17-8-7-16(18(24)11-17)13-28-22-14(3-1-5-15(22)12-26-28)4-2-6-20(29)27-33(30,31)21-10-9-19(25)32-21/h4,7-12H,1-3,5-6,13H2,(H,27,29)/b14-4+. The van der Waals surface area contributed by atoms with Gasteiger partial charge in [-0.2, -0.15) is 5.10 Å². The first-order chi connectivity index (χ1) is 15.7. The lowest BCUT2D eigenvalue weighted by Crippen LogP contribution is -2.29. The van der Waals surface area contributed by atoms with Gasteiger partial charge in [-0.3, -0.25) is 9.48 Å². The van der Waals surface area contributed by atoms with E-state index in [1.807, 2.05) is 23.0 Å². The number of nitrogens with one attached hydrogen (secondary N) is 1. The molecule has 2 aromatic heterocycles. The minimum atomic E-state index is -3.90. The van der Waals surface area contributed by atoms with Gasteiger partial charge in [0.25, 0.3) is 10.0 Å². The van der Waals surface area contributed by atoms with E-state index in [0.29, 0.717) is 27.3 Å². The van der Waals surface area contributed by atoms with Crippen molar-refractivity contribution in [2.24, 2.45) is 0 Å². The van der Waals surface area contributed by atoms with E-state index in [-0.39, 0.29) is 10.6 Å². The van der Waals surface area contributed by atoms with Crippen molar-refractivity contribution < 1.29 is 13.2 Å². The van der Waals surface area contributed by atoms with E-state index in [4.69, 9.17) is 34.8 Å². The molecule has 11 heteroatoms. The van der Waals surface area contributed by atoms with Crippen LogP contribution in [0.5, 0.6) is 0 Å². The first-order valence-corrected chi connectivity index (χ1v) is 13.7. The highest BCUT2D eigenvalue weighted by molar-refractivity contribution is 7.92. The third-order valence-corrected chi connectivity index (χ3v) is 8.95. The Morgan fingerprint density at radius 2 is 2.00 bits per heavy atom. The molecule has 0 atom stereocenters. The molecule has 2 heterocycles. The van der Waals surface area contributed by atoms with Crippen molar-refractivity contribution in [3.63, 3.8) is 0 Å². The molecule has 0 unspecified atom stereocenters. The summed E-state index contributed by atoms with van der Waals surface area (Å²) in [5.74, 6) is -0.561. The zero-order chi connectivity index (χ0) is 23.6. The second-order valence-electron chi connectivity index (χ2n) is 7.62. The predicted molar refractivity (Wildman–Crippen MR) is 133 cm³/mol. The molecular formula is C22H20Cl3N3O3S2. The van der Waals surface area contributed by atoms with Crippen molar-refractivity contribution >= 4 is 67.6 Å². The maximum absolute atomic E-state index is 12.3. The van der Waals surface area contributed by atoms with E-state index in [1.165, 1.54) is 12.1 Å². The monoisotopic (exact) mass is 543 g/mol. The highest BCUT2D eigenvalue weighted by atomic mass is 35.5. The molecule has 0 radical (unpaired) electrons. The van der Waals surface area contributed by atoms with Crippen molar-refractivity contribution in [2.75, 3.05) is 0 Å². The lowest BCUT2D eigenvalue weighted by molar-refractivity contribution is -0.119. The summed E-state index contributed by atoms with van der Waals surface area (Å²) in [4.78, 5) is 12.3. The van der Waals surface area contributed by atoms with Gasteiger partial charge in [0.05, 0.1) is 22.8 Å². The fraction of sp³-hybridized carbons (Fsp3) is 0.273. The number of fused-ring (bicyclic) bond motifs is 1. The van der Waals surface area contributed by atoms with E-state index < -0.39 is 15.9 Å². The van der Waals surface area contributed by atoms with Crippen LogP contribution in [0.1, 0.15) is 42.5 Å². The zero-order valence-corrected chi connectivity index (χ0v) is 21.3. The predicted octanol–water partition coefficient (Wildman–Crippen LogP) is 5.96. The number of thiophene rings is 1. The molecule has 0 saturated heterocycles. The number of aryl methyl sites for hydroxylation is 1. The fourth-order valence-electron chi connectivity index (χ4n) is 3.77. The fourth-order valence-corrected chi connectivity index (χ4v) is 6.73. The van der Waals surface area contributed by atoms with Crippen LogP contribution in [0.25, 0.3) is 5.57 Å². The van der Waals surface area contributed by atoms with Crippen molar-refractivity contribution in [1.82, 2.24) is 14.5 Å². The van der Waals surface area contributed by atoms with Crippen molar-refractivity contribution in [3.8, 4) is 0 Å². The molecule has 0 saturated carbocycles. The van der Waals surface area contributed by atoms with Crippen molar-refractivity contribution in [3.05, 3.63) is 73.8 Å². The molecule has 0 bridgehead atoms. The smallest absolute Gasteiger partial charge is 0.273 e. The number of hydrogen-bond donors (Lipinski definition) is 1. The summed E-state index contributed by atoms with van der Waals surface area (Å²) in [6.07, 6.45) is 7.11. The van der Waals surface area contributed by atoms with Crippen LogP contribution >= 0.6 is 46.1 Å². The van der Waals surface area contributed by atoms with Gasteiger partial charge in [0.2, 0.25) is 5.91 Å². The Labute approximate surface area is 211 Å². The number of nitrogens with zero attached hydrogens (tertiary/aromatic N) is 2. The van der Waals surface area contributed by atoms with E-state index in [0.717, 1.165) is 53.0 Å². The van der Waals surface area contributed by atoms with Gasteiger partial charge in [-0.1, -0.05) is 46.9 Å². The van der Waals surface area contributed by atoms with Gasteiger partial charge in [0.15, 0.2) is 0 Å². The van der Waals surface area contributed by atoms with Gasteiger partial charge in [0.1, 0.15) is 4.21 Å². The van der Waals surface area contributed by atoms with Gasteiger partial charge >= 0.3 is 0 Å². The van der Waals surface area contributed by atoms with Gasteiger partial charge in [-0.05, 0) is 66.6 Å². The molecule has 1 aromatic carbocycles. The van der Waals surface area contributed by atoms with Crippen molar-refractivity contribution in [2.45, 2.75) is 42.9 Å². The molecular weight excluding hydrogens is 525 g/mol. The highest BCUT2D eigenvalue weighted by Gasteiger charge is 2.22. The van der Waals surface area contributed by atoms with Crippen LogP contribution in [-0.2, 0) is 27.8 Å². The zero-order valence-electron chi connectivity index (χ0n) is 17.4. The Bertz CT molecular complexity index is 1330. The lowest BCUT2D eigenvalue weighted by Gasteiger charge is -2.18. The summed E-state index contributed by atoms with van der Waals surface area (Å²) < 4.78 is 29.0. The van der Waals surface area contributed by atoms with Crippen LogP contribution in [0.3, 0.4) is 0 Å². The minimum Gasteiger partial charge on any atom is -0.274 e. The highest BCUT2D eigenvalue weighted by Crippen LogP contribution is 2.32. The van der Waals surface area contributed by atoms with Gasteiger partial charge in [0, 0.05) is 16.5 Å². The number of hydrogen-bond acceptors (Lipinski definition) is 5. The molecule has 1 aliphatic carbocycles. The molecule has 1 amide bonds. The number of rotatable bonds is 7. The SMILES string of the molecule is O=C(CC/C=C1\CCCc2cnn(Cc3ccc(Cl)cc3Cl)c21)NS(=O)(=O)c1ccc(Cl)s1. The largest absolute Gasteiger partial charge is 0.274 e. The topological polar surface area (TPSA) is 81.1 Å². The molecule has 6 nitrogen and oxygen atoms in total. The first kappa shape index (κ1) is 24.3. The normalized spacial score (nSPS) is 14.9. The number of aromatic nitrogens is 2. The number of halogens is 3. The Morgan fingerprint density at radius 3 is 2.73 bits per heavy atom. The van der Waals surface area contributed by atoms with Crippen molar-refractivity contribution in [1.29, 1.82) is 0 Å². The number of carbonyl (C=O) groups excluding carboxylic acids is 1. The van der Waals surface area contributed by atoms with Crippen LogP contribution < -0.4 is 4.72 Å². The number of benzene rings is 1. The average Bonchev–Trinajstić information content (AvgIpc) is 3.37. The maximum Gasteiger partial charge on any atom is 0.273 e. The van der Waals surface area contributed by atoms with Crippen LogP contribution in [0, 0.1) is 0 Å². The lowest BCUT2D eigenvalue weighted by atomic mass is 9.92. The number of allylic oxidation sites excluding steroid dienone is 2. The molecule has 174 valence electrons. The third kappa shape index (κ3) is 5.81. The molecule has 4 rings (SSSR count). The van der Waals surface area contributed by atoms with Gasteiger partial charge < -0.3 is 0 Å². The number of sulfonamides is 1. The third-order valence-electron chi connectivity index (χ3n) is 5.27. The molecule has 1 N–H and O–H groups in total. The molecule has 0 spiro atoms. The molecule has 0 fully saturated rings. The summed E-state index contributed by atoms with van der Waals surface area (Å²) in [6, 6.07) is 8.25. The molecule has 1 aliphatic rings. The van der Waals surface area contributed by atoms with E-state index >= 15 is 0 Å². The van der Waals surface area contributed by atoms with E-state index in [2.05, 4.69) is 9.82 Å². The number of carbonyl (C=O) groups is 1. The summed E-state index contributed by atoms with van der Waals surface area (Å²) in [5, 5.41) is 5.71. The van der Waals surface area contributed by atoms with Crippen LogP contribution in [0.4, 0.5) is 0 Å². The second kappa shape index (κ2) is 10.2. The second-order valence-corrected chi connectivity index (χ2v) is 12.1. The Morgan fingerprint density at radius 1 is 1.18 bits per heavy atom. The maximum atomic E-state index is 12.3. The summed E-state index contributed by atoms with van der Waals surface area (Å²) in [5.41, 5.74) is 4.20. The van der Waals surface area contributed by atoms with Crippen LogP contribution in [0.15, 0.2) is 46.8 Å². The first-order valence-electron chi connectivity index (χ1n) is 10.2. The molecule has 0 aliphatic heterocycles. The Kier molecular flexibility index (Phi) is 7.50. The van der Waals surface area contributed by atoms with Gasteiger partial charge in [-0.25, -0.2) is 13.1 Å². The summed E-state index contributed by atoms with van der Waals surface area (Å²) in [7, 11) is -3.90. The van der Waals surface area contributed by atoms with Gasteiger partial charge in [-0.15, -0.1) is 11.3 Å². The summed E-state index contributed by atoms with van der Waals surface area (Å²) in [6.45, 7) is 0.505. The Hall–Kier alpha value is -1.84. The quantitative estimate of drug-likeness (QED) is 0.398. The van der Waals surface area contributed by atoms with Crippen LogP contribution in [0.2, 0.25) is 14.4 Å². The van der Waals surface area contributed by atoms with Crippen LogP contribution in [-0.4, -0.2) is 24.1 Å². The molecule has 3 aromatic rings. The summed E-state index contributed by atoms with van der Waals surface area (Å²) >= 11 is 19.0.